The Bertz CT molecular complexity index is 934. The number of likely N-dealkylation sites (tertiary alicyclic amines) is 1. The summed E-state index contributed by atoms with van der Waals surface area (Å²) >= 11 is 0. The number of anilines is 1. The van der Waals surface area contributed by atoms with E-state index < -0.39 is 23.5 Å². The third-order valence-corrected chi connectivity index (χ3v) is 4.98. The van der Waals surface area contributed by atoms with Crippen molar-refractivity contribution in [1.82, 2.24) is 15.1 Å². The van der Waals surface area contributed by atoms with E-state index in [0.717, 1.165) is 38.1 Å². The number of piperidine rings is 1. The standard InChI is InChI=1S/C19H21F3N4O3/c1-10-15(18(28)29)17(23-12-4-3-7-26(2)9-12)25-24-16(10)13-6-5-11(8-14(13)27)19(20,21)22/h5-6,8,12,27H,3-4,7,9H2,1-2H3,(H,23,25)(H,28,29)/t12-/m1/s1. The van der Waals surface area contributed by atoms with Gasteiger partial charge in [0.15, 0.2) is 5.82 Å². The van der Waals surface area contributed by atoms with Crippen LogP contribution in [-0.4, -0.2) is 57.5 Å². The first-order chi connectivity index (χ1) is 13.6. The molecule has 3 rings (SSSR count). The number of nitrogens with one attached hydrogen (secondary N) is 1. The highest BCUT2D eigenvalue weighted by molar-refractivity contribution is 5.96. The number of aromatic nitrogens is 2. The number of aromatic carboxylic acids is 1. The molecule has 10 heteroatoms. The summed E-state index contributed by atoms with van der Waals surface area (Å²) in [5, 5.41) is 30.9. The molecule has 0 amide bonds. The lowest BCUT2D eigenvalue weighted by Gasteiger charge is -2.30. The Morgan fingerprint density at radius 1 is 1.31 bits per heavy atom. The quantitative estimate of drug-likeness (QED) is 0.711. The number of halogens is 3. The molecule has 1 atom stereocenters. The van der Waals surface area contributed by atoms with Crippen molar-refractivity contribution in [2.45, 2.75) is 32.0 Å². The summed E-state index contributed by atoms with van der Waals surface area (Å²) in [6, 6.07) is 2.46. The van der Waals surface area contributed by atoms with E-state index in [9.17, 15) is 28.2 Å². The van der Waals surface area contributed by atoms with E-state index in [-0.39, 0.29) is 34.2 Å². The van der Waals surface area contributed by atoms with Gasteiger partial charge in [0.1, 0.15) is 17.0 Å². The van der Waals surface area contributed by atoms with Gasteiger partial charge in [0.2, 0.25) is 0 Å². The summed E-state index contributed by atoms with van der Waals surface area (Å²) in [6.07, 6.45) is -2.80. The second-order valence-electron chi connectivity index (χ2n) is 7.18. The second-order valence-corrected chi connectivity index (χ2v) is 7.18. The minimum absolute atomic E-state index is 0.00544. The number of alkyl halides is 3. The first kappa shape index (κ1) is 20.8. The average Bonchev–Trinajstić information content (AvgIpc) is 2.61. The summed E-state index contributed by atoms with van der Waals surface area (Å²) in [5.74, 6) is -1.79. The molecule has 0 unspecified atom stereocenters. The van der Waals surface area contributed by atoms with Crippen LogP contribution in [0.1, 0.15) is 34.3 Å². The smallest absolute Gasteiger partial charge is 0.416 e. The highest BCUT2D eigenvalue weighted by Crippen LogP contribution is 2.37. The number of hydrogen-bond acceptors (Lipinski definition) is 6. The van der Waals surface area contributed by atoms with Gasteiger partial charge < -0.3 is 20.4 Å². The Morgan fingerprint density at radius 3 is 2.62 bits per heavy atom. The van der Waals surface area contributed by atoms with Crippen LogP contribution in [0, 0.1) is 6.92 Å². The molecule has 1 aromatic carbocycles. The molecule has 7 nitrogen and oxygen atoms in total. The van der Waals surface area contributed by atoms with Crippen molar-refractivity contribution in [2.24, 2.45) is 0 Å². The zero-order valence-corrected chi connectivity index (χ0v) is 15.9. The number of phenols is 1. The van der Waals surface area contributed by atoms with Crippen LogP contribution in [-0.2, 0) is 6.18 Å². The maximum atomic E-state index is 12.8. The summed E-state index contributed by atoms with van der Waals surface area (Å²) < 4.78 is 38.5. The maximum absolute atomic E-state index is 12.8. The molecule has 0 spiro atoms. The van der Waals surface area contributed by atoms with Gasteiger partial charge in [-0.15, -0.1) is 10.2 Å². The molecule has 29 heavy (non-hydrogen) atoms. The molecule has 1 saturated heterocycles. The van der Waals surface area contributed by atoms with Gasteiger partial charge in [-0.3, -0.25) is 0 Å². The highest BCUT2D eigenvalue weighted by Gasteiger charge is 2.32. The van der Waals surface area contributed by atoms with E-state index in [1.165, 1.54) is 6.92 Å². The van der Waals surface area contributed by atoms with E-state index >= 15 is 0 Å². The lowest BCUT2D eigenvalue weighted by atomic mass is 10.00. The largest absolute Gasteiger partial charge is 0.507 e. The van der Waals surface area contributed by atoms with Gasteiger partial charge in [0.05, 0.1) is 5.56 Å². The van der Waals surface area contributed by atoms with E-state index in [1.54, 1.807) is 0 Å². The molecule has 2 aromatic rings. The predicted octanol–water partition coefficient (Wildman–Crippen LogP) is 3.38. The van der Waals surface area contributed by atoms with Gasteiger partial charge in [0.25, 0.3) is 0 Å². The van der Waals surface area contributed by atoms with Crippen LogP contribution >= 0.6 is 0 Å². The Kier molecular flexibility index (Phi) is 5.65. The molecule has 1 aliphatic rings. The van der Waals surface area contributed by atoms with Crippen LogP contribution in [0.4, 0.5) is 19.0 Å². The number of phenolic OH excluding ortho intramolecular Hbond substituents is 1. The number of likely N-dealkylation sites (N-methyl/N-ethyl adjacent to an activating group) is 1. The van der Waals surface area contributed by atoms with Crippen molar-refractivity contribution in [3.05, 3.63) is 34.9 Å². The van der Waals surface area contributed by atoms with Gasteiger partial charge >= 0.3 is 12.1 Å². The maximum Gasteiger partial charge on any atom is 0.416 e. The van der Waals surface area contributed by atoms with Crippen LogP contribution in [0.15, 0.2) is 18.2 Å². The number of benzene rings is 1. The van der Waals surface area contributed by atoms with Crippen molar-refractivity contribution < 1.29 is 28.2 Å². The molecular formula is C19H21F3N4O3. The van der Waals surface area contributed by atoms with E-state index in [2.05, 4.69) is 20.4 Å². The van der Waals surface area contributed by atoms with Gasteiger partial charge in [0, 0.05) is 18.2 Å². The predicted molar refractivity (Wildman–Crippen MR) is 100.0 cm³/mol. The van der Waals surface area contributed by atoms with Crippen molar-refractivity contribution in [2.75, 3.05) is 25.5 Å². The van der Waals surface area contributed by atoms with Crippen LogP contribution in [0.25, 0.3) is 11.3 Å². The molecule has 1 aromatic heterocycles. The lowest BCUT2D eigenvalue weighted by Crippen LogP contribution is -2.40. The van der Waals surface area contributed by atoms with Crippen LogP contribution in [0.2, 0.25) is 0 Å². The Labute approximate surface area is 165 Å². The summed E-state index contributed by atoms with van der Waals surface area (Å²) in [7, 11) is 1.97. The van der Waals surface area contributed by atoms with E-state index in [0.29, 0.717) is 6.07 Å². The third-order valence-electron chi connectivity index (χ3n) is 4.98. The molecule has 1 aliphatic heterocycles. The number of rotatable bonds is 4. The van der Waals surface area contributed by atoms with Crippen molar-refractivity contribution >= 4 is 11.8 Å². The Balaban J connectivity index is 2.00. The van der Waals surface area contributed by atoms with Crippen molar-refractivity contribution in [3.8, 4) is 17.0 Å². The first-order valence-corrected chi connectivity index (χ1v) is 9.04. The molecule has 1 fully saturated rings. The van der Waals surface area contributed by atoms with E-state index in [4.69, 9.17) is 0 Å². The molecule has 156 valence electrons. The lowest BCUT2D eigenvalue weighted by molar-refractivity contribution is -0.137. The van der Waals surface area contributed by atoms with Crippen LogP contribution < -0.4 is 5.32 Å². The monoisotopic (exact) mass is 410 g/mol. The Morgan fingerprint density at radius 2 is 2.03 bits per heavy atom. The topological polar surface area (TPSA) is 98.6 Å². The molecule has 2 heterocycles. The number of nitrogens with zero attached hydrogens (tertiary/aromatic N) is 3. The zero-order valence-electron chi connectivity index (χ0n) is 15.9. The van der Waals surface area contributed by atoms with E-state index in [1.807, 2.05) is 7.05 Å². The highest BCUT2D eigenvalue weighted by atomic mass is 19.4. The molecule has 3 N–H and O–H groups in total. The minimum Gasteiger partial charge on any atom is -0.507 e. The number of aromatic hydroxyl groups is 1. The van der Waals surface area contributed by atoms with Crippen LogP contribution in [0.5, 0.6) is 5.75 Å². The molecule has 0 saturated carbocycles. The number of carboxylic acid groups (broad SMARTS) is 1. The molecule has 0 aliphatic carbocycles. The van der Waals surface area contributed by atoms with Gasteiger partial charge in [-0.05, 0) is 57.1 Å². The first-order valence-electron chi connectivity index (χ1n) is 9.04. The van der Waals surface area contributed by atoms with Crippen molar-refractivity contribution in [1.29, 1.82) is 0 Å². The fourth-order valence-electron chi connectivity index (χ4n) is 3.53. The fraction of sp³-hybridized carbons (Fsp3) is 0.421. The van der Waals surface area contributed by atoms with Crippen molar-refractivity contribution in [3.63, 3.8) is 0 Å². The molecule has 0 radical (unpaired) electrons. The third kappa shape index (κ3) is 4.42. The summed E-state index contributed by atoms with van der Waals surface area (Å²) in [6.45, 7) is 3.17. The molecule has 0 bridgehead atoms. The zero-order chi connectivity index (χ0) is 21.3. The van der Waals surface area contributed by atoms with Gasteiger partial charge in [-0.2, -0.15) is 13.2 Å². The van der Waals surface area contributed by atoms with Gasteiger partial charge in [-0.25, -0.2) is 4.79 Å². The molecular weight excluding hydrogens is 389 g/mol. The van der Waals surface area contributed by atoms with Gasteiger partial charge in [-0.1, -0.05) is 0 Å². The number of hydrogen-bond donors (Lipinski definition) is 3. The summed E-state index contributed by atoms with van der Waals surface area (Å²) in [4.78, 5) is 14.0. The number of carbonyl (C=O) groups is 1. The second kappa shape index (κ2) is 7.86. The minimum atomic E-state index is -4.61. The SMILES string of the molecule is Cc1c(-c2ccc(C(F)(F)F)cc2O)nnc(N[C@@H]2CCCN(C)C2)c1C(=O)O. The average molecular weight is 410 g/mol. The fourth-order valence-corrected chi connectivity index (χ4v) is 3.53. The van der Waals surface area contributed by atoms with Crippen LogP contribution in [0.3, 0.4) is 0 Å². The number of carboxylic acids is 1. The summed E-state index contributed by atoms with van der Waals surface area (Å²) in [5.41, 5.74) is -0.936. The Hall–Kier alpha value is -2.88. The normalized spacial score (nSPS) is 17.9.